The minimum atomic E-state index is -0.710. The molecule has 0 aliphatic heterocycles. The van der Waals surface area contributed by atoms with Crippen LogP contribution in [0.15, 0.2) is 71.3 Å². The predicted molar refractivity (Wildman–Crippen MR) is 104 cm³/mol. The van der Waals surface area contributed by atoms with Gasteiger partial charge in [-0.2, -0.15) is 0 Å². The van der Waals surface area contributed by atoms with Gasteiger partial charge in [0.25, 0.3) is 0 Å². The van der Waals surface area contributed by atoms with E-state index >= 15 is 0 Å². The van der Waals surface area contributed by atoms with Crippen molar-refractivity contribution in [2.75, 3.05) is 20.3 Å². The maximum atomic E-state index is 13.0. The number of ether oxygens (including phenoxy) is 2. The lowest BCUT2D eigenvalue weighted by atomic mass is 10.2. The second-order valence-corrected chi connectivity index (χ2v) is 6.52. The Hall–Kier alpha value is -2.83. The molecule has 1 unspecified atom stereocenters. The van der Waals surface area contributed by atoms with Gasteiger partial charge in [-0.3, -0.25) is 4.90 Å². The normalized spacial score (nSPS) is 12.1. The quantitative estimate of drug-likeness (QED) is 0.574. The van der Waals surface area contributed by atoms with Crippen molar-refractivity contribution in [2.24, 2.45) is 0 Å². The van der Waals surface area contributed by atoms with Crippen LogP contribution in [0.1, 0.15) is 11.3 Å². The first kappa shape index (κ1) is 19.9. The van der Waals surface area contributed by atoms with Gasteiger partial charge in [0.1, 0.15) is 35.8 Å². The number of aliphatic hydroxyl groups excluding tert-OH is 1. The molecular formula is C22H24FNO4. The zero-order valence-corrected chi connectivity index (χ0v) is 15.8. The third-order valence-corrected chi connectivity index (χ3v) is 4.25. The van der Waals surface area contributed by atoms with Crippen molar-refractivity contribution in [2.45, 2.75) is 19.2 Å². The molecule has 1 aromatic heterocycles. The molecule has 0 amide bonds. The van der Waals surface area contributed by atoms with Crippen LogP contribution in [0.2, 0.25) is 0 Å². The maximum Gasteiger partial charge on any atom is 0.123 e. The molecule has 0 radical (unpaired) electrons. The van der Waals surface area contributed by atoms with Gasteiger partial charge >= 0.3 is 0 Å². The number of furan rings is 1. The van der Waals surface area contributed by atoms with Crippen LogP contribution in [0.25, 0.3) is 0 Å². The molecular weight excluding hydrogens is 361 g/mol. The van der Waals surface area contributed by atoms with Crippen LogP contribution in [-0.4, -0.2) is 36.4 Å². The van der Waals surface area contributed by atoms with Gasteiger partial charge in [0.2, 0.25) is 0 Å². The van der Waals surface area contributed by atoms with Gasteiger partial charge in [0, 0.05) is 13.1 Å². The number of rotatable bonds is 10. The summed E-state index contributed by atoms with van der Waals surface area (Å²) in [5, 5.41) is 10.4. The highest BCUT2D eigenvalue weighted by molar-refractivity contribution is 5.27. The average Bonchev–Trinajstić information content (AvgIpc) is 3.21. The molecule has 0 saturated heterocycles. The second-order valence-electron chi connectivity index (χ2n) is 6.52. The summed E-state index contributed by atoms with van der Waals surface area (Å²) in [7, 11) is 1.63. The van der Waals surface area contributed by atoms with Gasteiger partial charge in [-0.05, 0) is 54.1 Å². The molecule has 1 atom stereocenters. The monoisotopic (exact) mass is 385 g/mol. The lowest BCUT2D eigenvalue weighted by Crippen LogP contribution is -2.35. The molecule has 0 bridgehead atoms. The van der Waals surface area contributed by atoms with Gasteiger partial charge in [-0.1, -0.05) is 12.1 Å². The van der Waals surface area contributed by atoms with Gasteiger partial charge in [-0.25, -0.2) is 4.39 Å². The Morgan fingerprint density at radius 2 is 1.71 bits per heavy atom. The van der Waals surface area contributed by atoms with Crippen LogP contribution in [0.4, 0.5) is 4.39 Å². The first-order chi connectivity index (χ1) is 13.6. The molecule has 1 heterocycles. The van der Waals surface area contributed by atoms with Crippen LogP contribution < -0.4 is 9.47 Å². The number of halogens is 1. The highest BCUT2D eigenvalue weighted by atomic mass is 19.1. The van der Waals surface area contributed by atoms with Crippen molar-refractivity contribution >= 4 is 0 Å². The Balaban J connectivity index is 1.59. The standard InChI is InChI=1S/C22H24FNO4/c1-26-20-8-4-17(5-9-20)13-24(15-22-3-2-12-27-22)14-19(25)16-28-21-10-6-18(23)7-11-21/h2-12,19,25H,13-16H2,1H3. The SMILES string of the molecule is COc1ccc(CN(Cc2ccco2)CC(O)COc2ccc(F)cc2)cc1. The van der Waals surface area contributed by atoms with E-state index in [9.17, 15) is 9.50 Å². The molecule has 5 nitrogen and oxygen atoms in total. The first-order valence-electron chi connectivity index (χ1n) is 9.06. The van der Waals surface area contributed by atoms with Crippen molar-refractivity contribution in [1.29, 1.82) is 0 Å². The molecule has 0 aliphatic rings. The fourth-order valence-electron chi connectivity index (χ4n) is 2.87. The van der Waals surface area contributed by atoms with Crippen LogP contribution in [0, 0.1) is 5.82 Å². The minimum Gasteiger partial charge on any atom is -0.497 e. The Kier molecular flexibility index (Phi) is 7.06. The summed E-state index contributed by atoms with van der Waals surface area (Å²) in [4.78, 5) is 2.08. The van der Waals surface area contributed by atoms with Gasteiger partial charge in [0.15, 0.2) is 0 Å². The summed E-state index contributed by atoms with van der Waals surface area (Å²) >= 11 is 0. The third-order valence-electron chi connectivity index (χ3n) is 4.25. The second kappa shape index (κ2) is 9.92. The molecule has 28 heavy (non-hydrogen) atoms. The molecule has 0 saturated carbocycles. The first-order valence-corrected chi connectivity index (χ1v) is 9.06. The van der Waals surface area contributed by atoms with E-state index in [1.165, 1.54) is 12.1 Å². The summed E-state index contributed by atoms with van der Waals surface area (Å²) in [5.41, 5.74) is 1.10. The molecule has 6 heteroatoms. The average molecular weight is 385 g/mol. The van der Waals surface area contributed by atoms with Crippen LogP contribution in [0.5, 0.6) is 11.5 Å². The summed E-state index contributed by atoms with van der Waals surface area (Å²) in [5.74, 6) is 1.82. The highest BCUT2D eigenvalue weighted by Gasteiger charge is 2.15. The van der Waals surface area contributed by atoms with E-state index in [1.54, 1.807) is 25.5 Å². The molecule has 1 N–H and O–H groups in total. The van der Waals surface area contributed by atoms with Crippen LogP contribution in [-0.2, 0) is 13.1 Å². The fraction of sp³-hybridized carbons (Fsp3) is 0.273. The van der Waals surface area contributed by atoms with Crippen molar-refractivity contribution in [3.63, 3.8) is 0 Å². The zero-order chi connectivity index (χ0) is 19.8. The van der Waals surface area contributed by atoms with E-state index in [0.717, 1.165) is 17.1 Å². The maximum absolute atomic E-state index is 13.0. The highest BCUT2D eigenvalue weighted by Crippen LogP contribution is 2.16. The fourth-order valence-corrected chi connectivity index (χ4v) is 2.87. The van der Waals surface area contributed by atoms with E-state index in [1.807, 2.05) is 36.4 Å². The molecule has 0 aliphatic carbocycles. The zero-order valence-electron chi connectivity index (χ0n) is 15.8. The van der Waals surface area contributed by atoms with Crippen LogP contribution in [0.3, 0.4) is 0 Å². The number of hydrogen-bond donors (Lipinski definition) is 1. The third kappa shape index (κ3) is 6.11. The minimum absolute atomic E-state index is 0.114. The Morgan fingerprint density at radius 1 is 1.00 bits per heavy atom. The van der Waals surface area contributed by atoms with Crippen molar-refractivity contribution in [3.05, 3.63) is 84.1 Å². The summed E-state index contributed by atoms with van der Waals surface area (Å²) in [6.45, 7) is 1.71. The number of methoxy groups -OCH3 is 1. The Bertz CT molecular complexity index is 819. The Morgan fingerprint density at radius 3 is 2.36 bits per heavy atom. The van der Waals surface area contributed by atoms with E-state index in [-0.39, 0.29) is 12.4 Å². The topological polar surface area (TPSA) is 55.1 Å². The number of hydrogen-bond acceptors (Lipinski definition) is 5. The van der Waals surface area contributed by atoms with Crippen molar-refractivity contribution in [3.8, 4) is 11.5 Å². The summed E-state index contributed by atoms with van der Waals surface area (Å²) in [6.07, 6.45) is 0.924. The van der Waals surface area contributed by atoms with Crippen molar-refractivity contribution < 1.29 is 23.4 Å². The number of benzene rings is 2. The molecule has 3 rings (SSSR count). The van der Waals surface area contributed by atoms with Crippen LogP contribution >= 0.6 is 0 Å². The van der Waals surface area contributed by atoms with E-state index in [2.05, 4.69) is 4.90 Å². The largest absolute Gasteiger partial charge is 0.497 e. The van der Waals surface area contributed by atoms with Gasteiger partial charge < -0.3 is 19.0 Å². The van der Waals surface area contributed by atoms with E-state index in [0.29, 0.717) is 25.4 Å². The predicted octanol–water partition coefficient (Wildman–Crippen LogP) is 3.87. The molecule has 148 valence electrons. The lowest BCUT2D eigenvalue weighted by Gasteiger charge is -2.24. The molecule has 2 aromatic carbocycles. The molecule has 0 spiro atoms. The van der Waals surface area contributed by atoms with Gasteiger partial charge in [-0.15, -0.1) is 0 Å². The molecule has 0 fully saturated rings. The number of nitrogens with zero attached hydrogens (tertiary/aromatic N) is 1. The Labute approximate surface area is 163 Å². The number of aliphatic hydroxyl groups is 1. The van der Waals surface area contributed by atoms with E-state index in [4.69, 9.17) is 13.9 Å². The smallest absolute Gasteiger partial charge is 0.123 e. The lowest BCUT2D eigenvalue weighted by molar-refractivity contribution is 0.0604. The molecule has 3 aromatic rings. The van der Waals surface area contributed by atoms with Crippen molar-refractivity contribution in [1.82, 2.24) is 4.90 Å². The summed E-state index contributed by atoms with van der Waals surface area (Å²) in [6, 6.07) is 17.3. The summed E-state index contributed by atoms with van der Waals surface area (Å²) < 4.78 is 29.2. The van der Waals surface area contributed by atoms with E-state index < -0.39 is 6.10 Å². The van der Waals surface area contributed by atoms with Gasteiger partial charge in [0.05, 0.1) is 19.9 Å².